The molecule has 52 heavy (non-hydrogen) atoms. The Hall–Kier alpha value is -7.18. The zero-order valence-corrected chi connectivity index (χ0v) is 27.6. The monoisotopic (exact) mass is 666 g/mol. The summed E-state index contributed by atoms with van der Waals surface area (Å²) in [6.45, 7) is 0. The van der Waals surface area contributed by atoms with Crippen molar-refractivity contribution in [2.75, 3.05) is 0 Å². The molecular weight excluding hydrogens is 641 g/mol. The summed E-state index contributed by atoms with van der Waals surface area (Å²) in [4.78, 5) is 10.3. The van der Waals surface area contributed by atoms with Gasteiger partial charge in [-0.15, -0.1) is 0 Å². The lowest BCUT2D eigenvalue weighted by Crippen LogP contribution is -2.00. The van der Waals surface area contributed by atoms with Crippen LogP contribution in [0.4, 0.5) is 0 Å². The molecule has 12 rings (SSSR count). The molecule has 0 amide bonds. The van der Waals surface area contributed by atoms with Gasteiger partial charge >= 0.3 is 0 Å². The molecular formula is C46H26N4O2. The highest BCUT2D eigenvalue weighted by atomic mass is 16.3. The highest BCUT2D eigenvalue weighted by Gasteiger charge is 2.24. The molecule has 0 radical (unpaired) electrons. The molecule has 0 fully saturated rings. The average molecular weight is 667 g/mol. The summed E-state index contributed by atoms with van der Waals surface area (Å²) < 4.78 is 17.7. The van der Waals surface area contributed by atoms with Gasteiger partial charge in [-0.25, -0.2) is 9.97 Å². The minimum Gasteiger partial charge on any atom is -0.454 e. The quantitative estimate of drug-likeness (QED) is 0.188. The summed E-state index contributed by atoms with van der Waals surface area (Å²) in [6, 6.07) is 53.0. The van der Waals surface area contributed by atoms with Crippen molar-refractivity contribution in [1.82, 2.24) is 19.1 Å². The predicted octanol–water partition coefficient (Wildman–Crippen LogP) is 12.1. The molecule has 0 N–H and O–H groups in total. The van der Waals surface area contributed by atoms with Crippen LogP contribution >= 0.6 is 0 Å². The first-order valence-corrected chi connectivity index (χ1v) is 17.4. The van der Waals surface area contributed by atoms with Crippen LogP contribution in [0.15, 0.2) is 167 Å². The summed E-state index contributed by atoms with van der Waals surface area (Å²) >= 11 is 0. The standard InChI is InChI=1S/C46H26N4O2/c1-6-16-36-28(11-1)29-12-2-7-17-37(29)49(36)27-21-24-41-35(25-27)43-42(51-41)26-47-46(48-43)34-23-22-33-32-15-5-10-20-40(32)52-45(33)44(34)50-38-18-8-3-13-30(38)31-14-4-9-19-39(31)50/h1-26H. The maximum atomic E-state index is 6.74. The van der Waals surface area contributed by atoms with Crippen LogP contribution in [-0.4, -0.2) is 19.1 Å². The van der Waals surface area contributed by atoms with Crippen LogP contribution in [0.3, 0.4) is 0 Å². The Morgan fingerprint density at radius 1 is 0.423 bits per heavy atom. The third-order valence-corrected chi connectivity index (χ3v) is 10.6. The van der Waals surface area contributed by atoms with Crippen LogP contribution in [0, 0.1) is 0 Å². The zero-order chi connectivity index (χ0) is 33.9. The molecule has 0 atom stereocenters. The van der Waals surface area contributed by atoms with E-state index in [1.807, 2.05) is 18.2 Å². The van der Waals surface area contributed by atoms with Crippen LogP contribution in [0.5, 0.6) is 0 Å². The van der Waals surface area contributed by atoms with E-state index in [-0.39, 0.29) is 0 Å². The molecule has 0 spiro atoms. The van der Waals surface area contributed by atoms with Gasteiger partial charge in [0, 0.05) is 49.0 Å². The molecule has 0 unspecified atom stereocenters. The fourth-order valence-electron chi connectivity index (χ4n) is 8.36. The molecule has 6 heteroatoms. The Morgan fingerprint density at radius 3 is 1.63 bits per heavy atom. The number of fused-ring (bicyclic) bond motifs is 12. The second-order valence-electron chi connectivity index (χ2n) is 13.4. The lowest BCUT2D eigenvalue weighted by molar-refractivity contribution is 0.665. The van der Waals surface area contributed by atoms with E-state index in [9.17, 15) is 0 Å². The van der Waals surface area contributed by atoms with E-state index in [0.717, 1.165) is 77.4 Å². The predicted molar refractivity (Wildman–Crippen MR) is 211 cm³/mol. The summed E-state index contributed by atoms with van der Waals surface area (Å²) in [7, 11) is 0. The number of para-hydroxylation sites is 5. The first kappa shape index (κ1) is 27.6. The van der Waals surface area contributed by atoms with Crippen LogP contribution in [0.2, 0.25) is 0 Å². The maximum Gasteiger partial charge on any atom is 0.172 e. The number of furan rings is 2. The van der Waals surface area contributed by atoms with Crippen molar-refractivity contribution < 1.29 is 8.83 Å². The van der Waals surface area contributed by atoms with E-state index in [0.29, 0.717) is 11.4 Å². The molecule has 7 aromatic carbocycles. The molecule has 0 saturated carbocycles. The molecule has 6 nitrogen and oxygen atoms in total. The van der Waals surface area contributed by atoms with E-state index in [2.05, 4.69) is 143 Å². The number of rotatable bonds is 3. The summed E-state index contributed by atoms with van der Waals surface area (Å²) in [5, 5.41) is 7.83. The fraction of sp³-hybridized carbons (Fsp3) is 0. The lowest BCUT2D eigenvalue weighted by atomic mass is 10.1. The van der Waals surface area contributed by atoms with Gasteiger partial charge in [-0.1, -0.05) is 91.0 Å². The third-order valence-electron chi connectivity index (χ3n) is 10.6. The van der Waals surface area contributed by atoms with Crippen LogP contribution in [-0.2, 0) is 0 Å². The maximum absolute atomic E-state index is 6.74. The van der Waals surface area contributed by atoms with Gasteiger partial charge in [0.25, 0.3) is 0 Å². The van der Waals surface area contributed by atoms with Gasteiger partial charge in [0.1, 0.15) is 22.4 Å². The van der Waals surface area contributed by atoms with Gasteiger partial charge in [-0.05, 0) is 60.7 Å². The minimum absolute atomic E-state index is 0.594. The minimum atomic E-state index is 0.594. The molecule has 0 saturated heterocycles. The van der Waals surface area contributed by atoms with Crippen molar-refractivity contribution >= 4 is 87.6 Å². The first-order chi connectivity index (χ1) is 25.8. The fourth-order valence-corrected chi connectivity index (χ4v) is 8.36. The summed E-state index contributed by atoms with van der Waals surface area (Å²) in [6.07, 6.45) is 1.80. The van der Waals surface area contributed by atoms with Gasteiger partial charge in [0.05, 0.1) is 28.3 Å². The highest BCUT2D eigenvalue weighted by molar-refractivity contribution is 6.15. The van der Waals surface area contributed by atoms with Gasteiger partial charge in [-0.3, -0.25) is 0 Å². The van der Waals surface area contributed by atoms with E-state index >= 15 is 0 Å². The first-order valence-electron chi connectivity index (χ1n) is 17.4. The Balaban J connectivity index is 1.15. The van der Waals surface area contributed by atoms with Crippen molar-refractivity contribution in [1.29, 1.82) is 0 Å². The Labute approximate surface area is 295 Å². The third kappa shape index (κ3) is 3.67. The molecule has 242 valence electrons. The van der Waals surface area contributed by atoms with Crippen molar-refractivity contribution in [3.8, 4) is 22.8 Å². The van der Waals surface area contributed by atoms with Gasteiger partial charge in [0.2, 0.25) is 0 Å². The van der Waals surface area contributed by atoms with E-state index < -0.39 is 0 Å². The smallest absolute Gasteiger partial charge is 0.172 e. The van der Waals surface area contributed by atoms with Gasteiger partial charge < -0.3 is 18.0 Å². The van der Waals surface area contributed by atoms with Crippen molar-refractivity contribution in [2.24, 2.45) is 0 Å². The topological polar surface area (TPSA) is 61.9 Å². The normalized spacial score (nSPS) is 12.2. The second kappa shape index (κ2) is 10.2. The largest absolute Gasteiger partial charge is 0.454 e. The van der Waals surface area contributed by atoms with E-state index in [1.54, 1.807) is 6.20 Å². The van der Waals surface area contributed by atoms with Crippen molar-refractivity contribution in [3.63, 3.8) is 0 Å². The summed E-state index contributed by atoms with van der Waals surface area (Å²) in [5.41, 5.74) is 11.1. The zero-order valence-electron chi connectivity index (χ0n) is 27.6. The lowest BCUT2D eigenvalue weighted by Gasteiger charge is -2.14. The highest BCUT2D eigenvalue weighted by Crippen LogP contribution is 2.43. The number of aromatic nitrogens is 4. The van der Waals surface area contributed by atoms with Crippen molar-refractivity contribution in [3.05, 3.63) is 158 Å². The van der Waals surface area contributed by atoms with Crippen LogP contribution in [0.25, 0.3) is 110 Å². The van der Waals surface area contributed by atoms with E-state index in [4.69, 9.17) is 18.8 Å². The second-order valence-corrected chi connectivity index (χ2v) is 13.4. The van der Waals surface area contributed by atoms with Gasteiger partial charge in [-0.2, -0.15) is 0 Å². The Kier molecular flexibility index (Phi) is 5.41. The molecule has 5 heterocycles. The van der Waals surface area contributed by atoms with Crippen LogP contribution < -0.4 is 0 Å². The van der Waals surface area contributed by atoms with E-state index in [1.165, 1.54) is 21.5 Å². The van der Waals surface area contributed by atoms with Crippen LogP contribution in [0.1, 0.15) is 0 Å². The molecule has 12 aromatic rings. The Bertz CT molecular complexity index is 3330. The molecule has 0 aliphatic rings. The number of benzene rings is 7. The average Bonchev–Trinajstić information content (AvgIpc) is 3.95. The molecule has 0 aliphatic heterocycles. The summed E-state index contributed by atoms with van der Waals surface area (Å²) in [5.74, 6) is 0.594. The Morgan fingerprint density at radius 2 is 0.981 bits per heavy atom. The van der Waals surface area contributed by atoms with Crippen molar-refractivity contribution in [2.45, 2.75) is 0 Å². The molecule has 0 aliphatic carbocycles. The molecule has 5 aromatic heterocycles. The SMILES string of the molecule is c1ccc2c(c1)oc1c(-n3c4ccccc4c4ccccc43)c(-c3ncc4oc5ccc(-n6c7ccccc7c7ccccc76)cc5c4n3)ccc12. The number of nitrogens with zero attached hydrogens (tertiary/aromatic N) is 4. The number of hydrogen-bond acceptors (Lipinski definition) is 4. The molecule has 0 bridgehead atoms. The number of hydrogen-bond donors (Lipinski definition) is 0. The van der Waals surface area contributed by atoms with Gasteiger partial charge in [0.15, 0.2) is 17.0 Å².